The molecule has 1 heterocycles. The van der Waals surface area contributed by atoms with Crippen LogP contribution >= 0.6 is 0 Å². The molecule has 0 spiro atoms. The lowest BCUT2D eigenvalue weighted by Gasteiger charge is -2.38. The third-order valence-electron chi connectivity index (χ3n) is 3.17. The van der Waals surface area contributed by atoms with Gasteiger partial charge in [0.2, 0.25) is 10.0 Å². The van der Waals surface area contributed by atoms with Crippen molar-refractivity contribution in [1.29, 1.82) is 0 Å². The SMILES string of the molecule is CCC(C)N1CC(C)(C)NCCCS1(=O)=O. The smallest absolute Gasteiger partial charge is 0.214 e. The first kappa shape index (κ1) is 13.9. The zero-order valence-electron chi connectivity index (χ0n) is 10.8. The Morgan fingerprint density at radius 3 is 2.62 bits per heavy atom. The van der Waals surface area contributed by atoms with Gasteiger partial charge in [-0.2, -0.15) is 4.31 Å². The Bertz CT molecular complexity index is 325. The van der Waals surface area contributed by atoms with Crippen LogP contribution in [0.15, 0.2) is 0 Å². The highest BCUT2D eigenvalue weighted by atomic mass is 32.2. The van der Waals surface area contributed by atoms with Crippen LogP contribution in [-0.4, -0.2) is 43.1 Å². The predicted molar refractivity (Wildman–Crippen MR) is 66.9 cm³/mol. The van der Waals surface area contributed by atoms with E-state index in [0.717, 1.165) is 13.0 Å². The minimum absolute atomic E-state index is 0.0872. The van der Waals surface area contributed by atoms with Crippen LogP contribution in [0.1, 0.15) is 40.5 Å². The van der Waals surface area contributed by atoms with Gasteiger partial charge in [0.15, 0.2) is 0 Å². The van der Waals surface area contributed by atoms with E-state index in [1.54, 1.807) is 4.31 Å². The van der Waals surface area contributed by atoms with Gasteiger partial charge < -0.3 is 5.32 Å². The summed E-state index contributed by atoms with van der Waals surface area (Å²) < 4.78 is 25.9. The summed E-state index contributed by atoms with van der Waals surface area (Å²) in [7, 11) is -3.07. The van der Waals surface area contributed by atoms with Crippen LogP contribution in [0.3, 0.4) is 0 Å². The molecule has 1 unspecified atom stereocenters. The molecule has 1 aliphatic rings. The highest BCUT2D eigenvalue weighted by Gasteiger charge is 2.33. The fourth-order valence-corrected chi connectivity index (χ4v) is 3.94. The molecule has 0 aromatic rings. The zero-order chi connectivity index (χ0) is 12.4. The highest BCUT2D eigenvalue weighted by Crippen LogP contribution is 2.18. The molecule has 1 rings (SSSR count). The van der Waals surface area contributed by atoms with E-state index < -0.39 is 10.0 Å². The lowest BCUT2D eigenvalue weighted by atomic mass is 10.0. The molecule has 0 aromatic heterocycles. The summed E-state index contributed by atoms with van der Waals surface area (Å²) in [4.78, 5) is 0. The van der Waals surface area contributed by atoms with Gasteiger partial charge in [0, 0.05) is 18.1 Å². The second-order valence-corrected chi connectivity index (χ2v) is 7.32. The van der Waals surface area contributed by atoms with Crippen LogP contribution in [0.25, 0.3) is 0 Å². The first-order valence-electron chi connectivity index (χ1n) is 6.03. The van der Waals surface area contributed by atoms with Crippen LogP contribution in [0.5, 0.6) is 0 Å². The van der Waals surface area contributed by atoms with Gasteiger partial charge in [-0.3, -0.25) is 0 Å². The van der Waals surface area contributed by atoms with Crippen molar-refractivity contribution in [3.05, 3.63) is 0 Å². The number of nitrogens with one attached hydrogen (secondary N) is 1. The van der Waals surface area contributed by atoms with Crippen LogP contribution < -0.4 is 5.32 Å². The molecule has 0 aliphatic carbocycles. The molecular formula is C11H24N2O2S. The van der Waals surface area contributed by atoms with E-state index in [-0.39, 0.29) is 17.3 Å². The van der Waals surface area contributed by atoms with Crippen molar-refractivity contribution in [3.8, 4) is 0 Å². The summed E-state index contributed by atoms with van der Waals surface area (Å²) in [6.45, 7) is 9.46. The Balaban J connectivity index is 2.95. The third-order valence-corrected chi connectivity index (χ3v) is 5.18. The number of sulfonamides is 1. The average molecular weight is 248 g/mol. The van der Waals surface area contributed by atoms with E-state index >= 15 is 0 Å². The Hall–Kier alpha value is -0.130. The molecule has 96 valence electrons. The molecule has 16 heavy (non-hydrogen) atoms. The quantitative estimate of drug-likeness (QED) is 0.798. The molecule has 0 amide bonds. The van der Waals surface area contributed by atoms with Crippen molar-refractivity contribution < 1.29 is 8.42 Å². The molecule has 0 radical (unpaired) electrons. The Labute approximate surface area is 99.5 Å². The molecule has 5 heteroatoms. The van der Waals surface area contributed by atoms with Crippen LogP contribution in [0.2, 0.25) is 0 Å². The maximum atomic E-state index is 12.1. The number of nitrogens with zero attached hydrogens (tertiary/aromatic N) is 1. The fourth-order valence-electron chi connectivity index (χ4n) is 1.98. The van der Waals surface area contributed by atoms with E-state index in [1.807, 2.05) is 13.8 Å². The van der Waals surface area contributed by atoms with Crippen LogP contribution in [0.4, 0.5) is 0 Å². The van der Waals surface area contributed by atoms with Gasteiger partial charge >= 0.3 is 0 Å². The Morgan fingerprint density at radius 1 is 1.44 bits per heavy atom. The lowest BCUT2D eigenvalue weighted by Crippen LogP contribution is -2.55. The maximum Gasteiger partial charge on any atom is 0.214 e. The van der Waals surface area contributed by atoms with Crippen molar-refractivity contribution in [3.63, 3.8) is 0 Å². The number of rotatable bonds is 2. The summed E-state index contributed by atoms with van der Waals surface area (Å²) in [6.07, 6.45) is 1.55. The van der Waals surface area contributed by atoms with Gasteiger partial charge in [0.1, 0.15) is 0 Å². The fraction of sp³-hybridized carbons (Fsp3) is 1.00. The molecule has 1 atom stereocenters. The predicted octanol–water partition coefficient (Wildman–Crippen LogP) is 1.19. The van der Waals surface area contributed by atoms with Crippen molar-refractivity contribution in [1.82, 2.24) is 9.62 Å². The molecular weight excluding hydrogens is 224 g/mol. The van der Waals surface area contributed by atoms with E-state index in [4.69, 9.17) is 0 Å². The molecule has 0 saturated carbocycles. The van der Waals surface area contributed by atoms with Gasteiger partial charge in [0.05, 0.1) is 5.75 Å². The topological polar surface area (TPSA) is 49.4 Å². The van der Waals surface area contributed by atoms with Gasteiger partial charge in [0.25, 0.3) is 0 Å². The summed E-state index contributed by atoms with van der Waals surface area (Å²) >= 11 is 0. The van der Waals surface area contributed by atoms with Crippen molar-refractivity contribution >= 4 is 10.0 Å². The number of hydrogen-bond acceptors (Lipinski definition) is 3. The van der Waals surface area contributed by atoms with E-state index in [9.17, 15) is 8.42 Å². The average Bonchev–Trinajstić information content (AvgIpc) is 2.18. The Kier molecular flexibility index (Phi) is 4.37. The van der Waals surface area contributed by atoms with Crippen LogP contribution in [-0.2, 0) is 10.0 Å². The second-order valence-electron chi connectivity index (χ2n) is 5.28. The zero-order valence-corrected chi connectivity index (χ0v) is 11.6. The second kappa shape index (κ2) is 5.02. The van der Waals surface area contributed by atoms with Crippen molar-refractivity contribution in [2.45, 2.75) is 52.1 Å². The van der Waals surface area contributed by atoms with Crippen molar-refractivity contribution in [2.75, 3.05) is 18.8 Å². The monoisotopic (exact) mass is 248 g/mol. The van der Waals surface area contributed by atoms with E-state index in [2.05, 4.69) is 19.2 Å². The van der Waals surface area contributed by atoms with Gasteiger partial charge in [-0.15, -0.1) is 0 Å². The first-order chi connectivity index (χ1) is 7.28. The molecule has 1 N–H and O–H groups in total. The summed E-state index contributed by atoms with van der Waals surface area (Å²) in [5.74, 6) is 0.264. The maximum absolute atomic E-state index is 12.1. The first-order valence-corrected chi connectivity index (χ1v) is 7.64. The van der Waals surface area contributed by atoms with Crippen molar-refractivity contribution in [2.24, 2.45) is 0 Å². The molecule has 1 saturated heterocycles. The van der Waals surface area contributed by atoms with Gasteiger partial charge in [-0.05, 0) is 40.2 Å². The van der Waals surface area contributed by atoms with E-state index in [1.165, 1.54) is 0 Å². The standard InChI is InChI=1S/C11H24N2O2S/c1-5-10(2)13-9-11(3,4)12-7-6-8-16(13,14)15/h10,12H,5-9H2,1-4H3. The lowest BCUT2D eigenvalue weighted by molar-refractivity contribution is 0.238. The normalized spacial score (nSPS) is 28.0. The van der Waals surface area contributed by atoms with E-state index in [0.29, 0.717) is 13.0 Å². The molecule has 1 aliphatic heterocycles. The molecule has 0 bridgehead atoms. The largest absolute Gasteiger partial charge is 0.310 e. The molecule has 4 nitrogen and oxygen atoms in total. The molecule has 0 aromatic carbocycles. The minimum atomic E-state index is -3.07. The summed E-state index contributed by atoms with van der Waals surface area (Å²) in [5.41, 5.74) is -0.142. The summed E-state index contributed by atoms with van der Waals surface area (Å²) in [5, 5.41) is 3.40. The minimum Gasteiger partial charge on any atom is -0.310 e. The summed E-state index contributed by atoms with van der Waals surface area (Å²) in [6, 6.07) is 0.0872. The molecule has 1 fully saturated rings. The van der Waals surface area contributed by atoms with Gasteiger partial charge in [-0.25, -0.2) is 8.42 Å². The number of hydrogen-bond donors (Lipinski definition) is 1. The van der Waals surface area contributed by atoms with Crippen LogP contribution in [0, 0.1) is 0 Å². The third kappa shape index (κ3) is 3.43. The highest BCUT2D eigenvalue weighted by molar-refractivity contribution is 7.89. The Morgan fingerprint density at radius 2 is 2.06 bits per heavy atom. The van der Waals surface area contributed by atoms with Gasteiger partial charge in [-0.1, -0.05) is 6.92 Å².